The van der Waals surface area contributed by atoms with Crippen molar-refractivity contribution in [2.24, 2.45) is 0 Å². The Hall–Kier alpha value is -2.62. The van der Waals surface area contributed by atoms with Crippen LogP contribution >= 0.6 is 0 Å². The molecule has 1 aliphatic carbocycles. The Morgan fingerprint density at radius 2 is 1.55 bits per heavy atom. The van der Waals surface area contributed by atoms with Gasteiger partial charge in [0.05, 0.1) is 0 Å². The van der Waals surface area contributed by atoms with Gasteiger partial charge in [-0.3, -0.25) is 9.59 Å². The summed E-state index contributed by atoms with van der Waals surface area (Å²) in [6.07, 6.45) is 6.15. The number of nitrogens with zero attached hydrogens (tertiary/aromatic N) is 1. The third-order valence-corrected chi connectivity index (χ3v) is 5.63. The van der Waals surface area contributed by atoms with Crippen molar-refractivity contribution < 1.29 is 9.59 Å². The molecule has 1 fully saturated rings. The van der Waals surface area contributed by atoms with Crippen LogP contribution in [-0.2, 0) is 22.6 Å². The fourth-order valence-corrected chi connectivity index (χ4v) is 4.06. The molecular weight excluding hydrogens is 360 g/mol. The van der Waals surface area contributed by atoms with Crippen molar-refractivity contribution in [2.75, 3.05) is 0 Å². The Morgan fingerprint density at radius 3 is 2.14 bits per heavy atom. The molecule has 29 heavy (non-hydrogen) atoms. The molecule has 4 heteroatoms. The average Bonchev–Trinajstić information content (AvgIpc) is 3.25. The summed E-state index contributed by atoms with van der Waals surface area (Å²) in [6.45, 7) is 2.46. The van der Waals surface area contributed by atoms with Gasteiger partial charge in [0.1, 0.15) is 6.04 Å². The molecule has 154 valence electrons. The van der Waals surface area contributed by atoms with Gasteiger partial charge >= 0.3 is 0 Å². The van der Waals surface area contributed by atoms with E-state index in [0.717, 1.165) is 43.2 Å². The lowest BCUT2D eigenvalue weighted by Gasteiger charge is -2.32. The zero-order chi connectivity index (χ0) is 20.5. The van der Waals surface area contributed by atoms with Gasteiger partial charge in [0, 0.05) is 25.4 Å². The lowest BCUT2D eigenvalue weighted by Crippen LogP contribution is -2.52. The van der Waals surface area contributed by atoms with Crippen LogP contribution in [0.25, 0.3) is 0 Å². The van der Waals surface area contributed by atoms with Crippen LogP contribution in [0.2, 0.25) is 0 Å². The normalized spacial score (nSPS) is 15.1. The lowest BCUT2D eigenvalue weighted by molar-refractivity contribution is -0.141. The molecule has 0 heterocycles. The standard InChI is InChI=1S/C25H32N2O2/c1-2-11-24(28)27(19-21-14-7-4-8-15-21)23(18-20-12-5-3-6-13-20)25(29)26-22-16-9-10-17-22/h3-8,12-15,22-23H,2,9-11,16-19H2,1H3,(H,26,29)/t23-/m0/s1. The van der Waals surface area contributed by atoms with E-state index in [1.165, 1.54) is 0 Å². The summed E-state index contributed by atoms with van der Waals surface area (Å²) >= 11 is 0. The van der Waals surface area contributed by atoms with Gasteiger partial charge in [-0.1, -0.05) is 80.4 Å². The zero-order valence-electron chi connectivity index (χ0n) is 17.3. The Morgan fingerprint density at radius 1 is 0.966 bits per heavy atom. The van der Waals surface area contributed by atoms with Crippen LogP contribution in [0.1, 0.15) is 56.6 Å². The van der Waals surface area contributed by atoms with Crippen LogP contribution in [-0.4, -0.2) is 28.8 Å². The monoisotopic (exact) mass is 392 g/mol. The predicted octanol–water partition coefficient (Wildman–Crippen LogP) is 4.49. The maximum Gasteiger partial charge on any atom is 0.243 e. The van der Waals surface area contributed by atoms with Crippen molar-refractivity contribution in [3.8, 4) is 0 Å². The summed E-state index contributed by atoms with van der Waals surface area (Å²) < 4.78 is 0. The fraction of sp³-hybridized carbons (Fsp3) is 0.440. The number of benzene rings is 2. The number of nitrogens with one attached hydrogen (secondary N) is 1. The Kier molecular flexibility index (Phi) is 7.85. The van der Waals surface area contributed by atoms with Crippen LogP contribution in [0.4, 0.5) is 0 Å². The van der Waals surface area contributed by atoms with Gasteiger partial charge in [0.25, 0.3) is 0 Å². The average molecular weight is 393 g/mol. The lowest BCUT2D eigenvalue weighted by atomic mass is 10.0. The molecule has 0 spiro atoms. The van der Waals surface area contributed by atoms with Crippen molar-refractivity contribution in [2.45, 2.75) is 70.5 Å². The van der Waals surface area contributed by atoms with Crippen molar-refractivity contribution in [3.05, 3.63) is 71.8 Å². The molecule has 2 aromatic rings. The van der Waals surface area contributed by atoms with Crippen molar-refractivity contribution in [1.29, 1.82) is 0 Å². The molecule has 2 amide bonds. The number of amides is 2. The maximum atomic E-state index is 13.3. The fourth-order valence-electron chi connectivity index (χ4n) is 4.06. The van der Waals surface area contributed by atoms with Gasteiger partial charge in [0.2, 0.25) is 11.8 Å². The van der Waals surface area contributed by atoms with E-state index >= 15 is 0 Å². The number of carbonyl (C=O) groups is 2. The molecule has 0 aromatic heterocycles. The van der Waals surface area contributed by atoms with E-state index < -0.39 is 6.04 Å². The third-order valence-electron chi connectivity index (χ3n) is 5.63. The van der Waals surface area contributed by atoms with Crippen LogP contribution < -0.4 is 5.32 Å². The minimum atomic E-state index is -0.503. The van der Waals surface area contributed by atoms with Gasteiger partial charge < -0.3 is 10.2 Å². The topological polar surface area (TPSA) is 49.4 Å². The quantitative estimate of drug-likeness (QED) is 0.684. The second-order valence-corrected chi connectivity index (χ2v) is 7.95. The summed E-state index contributed by atoms with van der Waals surface area (Å²) in [6, 6.07) is 19.7. The van der Waals surface area contributed by atoms with Crippen LogP contribution in [0.15, 0.2) is 60.7 Å². The first kappa shape index (κ1) is 21.1. The van der Waals surface area contributed by atoms with Gasteiger partial charge in [-0.25, -0.2) is 0 Å². The van der Waals surface area contributed by atoms with E-state index in [-0.39, 0.29) is 17.9 Å². The highest BCUT2D eigenvalue weighted by atomic mass is 16.2. The zero-order valence-corrected chi connectivity index (χ0v) is 17.3. The number of hydrogen-bond donors (Lipinski definition) is 1. The molecule has 1 N–H and O–H groups in total. The summed E-state index contributed by atoms with van der Waals surface area (Å²) in [5, 5.41) is 3.23. The highest BCUT2D eigenvalue weighted by Crippen LogP contribution is 2.20. The van der Waals surface area contributed by atoms with Gasteiger partial charge in [-0.2, -0.15) is 0 Å². The van der Waals surface area contributed by atoms with Crippen LogP contribution in [0.3, 0.4) is 0 Å². The Bertz CT molecular complexity index is 770. The minimum absolute atomic E-state index is 0.0267. The summed E-state index contributed by atoms with van der Waals surface area (Å²) in [7, 11) is 0. The van der Waals surface area contributed by atoms with Crippen LogP contribution in [0, 0.1) is 0 Å². The molecule has 0 unspecified atom stereocenters. The van der Waals surface area contributed by atoms with E-state index in [1.54, 1.807) is 4.90 Å². The molecular formula is C25H32N2O2. The van der Waals surface area contributed by atoms with Gasteiger partial charge in [0.15, 0.2) is 0 Å². The Balaban J connectivity index is 1.86. The molecule has 4 nitrogen and oxygen atoms in total. The van der Waals surface area contributed by atoms with Crippen molar-refractivity contribution >= 4 is 11.8 Å². The van der Waals surface area contributed by atoms with Gasteiger partial charge in [-0.15, -0.1) is 0 Å². The van der Waals surface area contributed by atoms with E-state index in [1.807, 2.05) is 67.6 Å². The molecule has 1 atom stereocenters. The molecule has 1 saturated carbocycles. The number of carbonyl (C=O) groups excluding carboxylic acids is 2. The van der Waals surface area contributed by atoms with E-state index in [0.29, 0.717) is 19.4 Å². The molecule has 3 rings (SSSR count). The molecule has 0 aliphatic heterocycles. The Labute approximate surface area is 174 Å². The predicted molar refractivity (Wildman–Crippen MR) is 116 cm³/mol. The SMILES string of the molecule is CCCC(=O)N(Cc1ccccc1)[C@@H](Cc1ccccc1)C(=O)NC1CCCC1. The molecule has 1 aliphatic rings. The highest BCUT2D eigenvalue weighted by molar-refractivity contribution is 5.88. The van der Waals surface area contributed by atoms with E-state index in [9.17, 15) is 9.59 Å². The van der Waals surface area contributed by atoms with Crippen molar-refractivity contribution in [1.82, 2.24) is 10.2 Å². The second kappa shape index (κ2) is 10.8. The van der Waals surface area contributed by atoms with Gasteiger partial charge in [-0.05, 0) is 30.4 Å². The molecule has 0 radical (unpaired) electrons. The highest BCUT2D eigenvalue weighted by Gasteiger charge is 2.31. The summed E-state index contributed by atoms with van der Waals surface area (Å²) in [5.41, 5.74) is 2.12. The molecule has 0 saturated heterocycles. The first-order valence-electron chi connectivity index (χ1n) is 10.8. The smallest absolute Gasteiger partial charge is 0.243 e. The number of rotatable bonds is 9. The van der Waals surface area contributed by atoms with Crippen molar-refractivity contribution in [3.63, 3.8) is 0 Å². The minimum Gasteiger partial charge on any atom is -0.352 e. The maximum absolute atomic E-state index is 13.3. The summed E-state index contributed by atoms with van der Waals surface area (Å²) in [4.78, 5) is 28.2. The number of hydrogen-bond acceptors (Lipinski definition) is 2. The van der Waals surface area contributed by atoms with E-state index in [4.69, 9.17) is 0 Å². The molecule has 2 aromatic carbocycles. The molecule has 0 bridgehead atoms. The first-order chi connectivity index (χ1) is 14.2. The van der Waals surface area contributed by atoms with Crippen LogP contribution in [0.5, 0.6) is 0 Å². The third kappa shape index (κ3) is 6.18. The first-order valence-corrected chi connectivity index (χ1v) is 10.8. The largest absolute Gasteiger partial charge is 0.352 e. The van der Waals surface area contributed by atoms with E-state index in [2.05, 4.69) is 5.32 Å². The second-order valence-electron chi connectivity index (χ2n) is 7.95. The summed E-state index contributed by atoms with van der Waals surface area (Å²) in [5.74, 6) is 0.0139.